The fourth-order valence-corrected chi connectivity index (χ4v) is 7.10. The van der Waals surface area contributed by atoms with Crippen LogP contribution in [0, 0.1) is 6.92 Å². The number of rotatable bonds is 7. The predicted octanol–water partition coefficient (Wildman–Crippen LogP) is 4.54. The zero-order chi connectivity index (χ0) is 22.2. The molecule has 31 heavy (non-hydrogen) atoms. The minimum atomic E-state index is -3.06. The van der Waals surface area contributed by atoms with Gasteiger partial charge >= 0.3 is 0 Å². The van der Waals surface area contributed by atoms with Gasteiger partial charge in [0.05, 0.1) is 28.6 Å². The molecule has 4 rings (SSSR count). The van der Waals surface area contributed by atoms with Crippen molar-refractivity contribution in [3.8, 4) is 0 Å². The second-order valence-corrected chi connectivity index (χ2v) is 11.7. The van der Waals surface area contributed by atoms with E-state index in [0.717, 1.165) is 34.3 Å². The number of sulfone groups is 1. The van der Waals surface area contributed by atoms with Gasteiger partial charge in [0.25, 0.3) is 5.91 Å². The van der Waals surface area contributed by atoms with Crippen LogP contribution in [0.2, 0.25) is 5.02 Å². The number of fused-ring (bicyclic) bond motifs is 1. The van der Waals surface area contributed by atoms with E-state index in [4.69, 9.17) is 11.6 Å². The highest BCUT2D eigenvalue weighted by molar-refractivity contribution is 7.91. The van der Waals surface area contributed by atoms with Crippen LogP contribution in [0.15, 0.2) is 30.3 Å². The highest BCUT2D eigenvalue weighted by atomic mass is 35.5. The van der Waals surface area contributed by atoms with E-state index in [9.17, 15) is 13.2 Å². The van der Waals surface area contributed by atoms with Crippen LogP contribution in [0.25, 0.3) is 10.2 Å². The van der Waals surface area contributed by atoms with E-state index in [1.165, 1.54) is 11.3 Å². The molecule has 0 radical (unpaired) electrons. The van der Waals surface area contributed by atoms with Gasteiger partial charge in [-0.3, -0.25) is 9.48 Å². The first-order chi connectivity index (χ1) is 14.8. The molecule has 1 saturated heterocycles. The fraction of sp³-hybridized carbons (Fsp3) is 0.455. The molecule has 0 spiro atoms. The highest BCUT2D eigenvalue weighted by Gasteiger charge is 2.35. The molecule has 3 aromatic rings. The first kappa shape index (κ1) is 22.3. The van der Waals surface area contributed by atoms with E-state index >= 15 is 0 Å². The van der Waals surface area contributed by atoms with Crippen molar-refractivity contribution in [2.45, 2.75) is 45.7 Å². The maximum atomic E-state index is 13.4. The Balaban J connectivity index is 1.65. The summed E-state index contributed by atoms with van der Waals surface area (Å²) in [5, 5.41) is 6.28. The fourth-order valence-electron chi connectivity index (χ4n) is 4.05. The van der Waals surface area contributed by atoms with Gasteiger partial charge in [-0.1, -0.05) is 43.1 Å². The lowest BCUT2D eigenvalue weighted by molar-refractivity contribution is 0.0699. The van der Waals surface area contributed by atoms with Gasteiger partial charge in [0.2, 0.25) is 0 Å². The van der Waals surface area contributed by atoms with Crippen LogP contribution in [0.5, 0.6) is 0 Å². The molecule has 6 nitrogen and oxygen atoms in total. The number of hydrogen-bond donors (Lipinski definition) is 0. The van der Waals surface area contributed by atoms with Crippen LogP contribution < -0.4 is 0 Å². The smallest absolute Gasteiger partial charge is 0.264 e. The van der Waals surface area contributed by atoms with Crippen LogP contribution in [0.1, 0.15) is 47.1 Å². The summed E-state index contributed by atoms with van der Waals surface area (Å²) in [4.78, 5) is 16.8. The van der Waals surface area contributed by atoms with Gasteiger partial charge < -0.3 is 4.90 Å². The zero-order valence-corrected chi connectivity index (χ0v) is 20.1. The van der Waals surface area contributed by atoms with Crippen LogP contribution in [0.3, 0.4) is 0 Å². The quantitative estimate of drug-likeness (QED) is 0.498. The molecule has 1 atom stereocenters. The van der Waals surface area contributed by atoms with Gasteiger partial charge in [0.15, 0.2) is 9.84 Å². The number of aryl methyl sites for hydroxylation is 1. The number of hydrogen-bond acceptors (Lipinski definition) is 5. The second-order valence-electron chi connectivity index (χ2n) is 8.07. The van der Waals surface area contributed by atoms with Crippen LogP contribution in [-0.4, -0.2) is 53.1 Å². The van der Waals surface area contributed by atoms with Gasteiger partial charge in [-0.2, -0.15) is 5.10 Å². The van der Waals surface area contributed by atoms with Crippen LogP contribution in [-0.2, 0) is 16.4 Å². The SMILES string of the molecule is CCCCN(C(=O)c1cc2c(C)nn(Cc3ccccc3Cl)c2s1)C1CCS(=O)(=O)C1. The van der Waals surface area contributed by atoms with Crippen molar-refractivity contribution in [2.75, 3.05) is 18.1 Å². The summed E-state index contributed by atoms with van der Waals surface area (Å²) in [6.45, 7) is 5.11. The maximum Gasteiger partial charge on any atom is 0.264 e. The van der Waals surface area contributed by atoms with E-state index in [1.807, 2.05) is 41.9 Å². The third-order valence-corrected chi connectivity index (χ3v) is 9.01. The molecule has 0 bridgehead atoms. The van der Waals surface area contributed by atoms with E-state index < -0.39 is 9.84 Å². The van der Waals surface area contributed by atoms with Crippen molar-refractivity contribution < 1.29 is 13.2 Å². The Morgan fingerprint density at radius 3 is 2.81 bits per heavy atom. The Labute approximate surface area is 191 Å². The number of nitrogens with zero attached hydrogens (tertiary/aromatic N) is 3. The van der Waals surface area contributed by atoms with Crippen molar-refractivity contribution >= 4 is 48.9 Å². The molecular formula is C22H26ClN3O3S2. The van der Waals surface area contributed by atoms with Gasteiger partial charge in [-0.05, 0) is 37.5 Å². The largest absolute Gasteiger partial charge is 0.334 e. The van der Waals surface area contributed by atoms with Gasteiger partial charge in [-0.15, -0.1) is 11.3 Å². The third-order valence-electron chi connectivity index (χ3n) is 5.76. The maximum absolute atomic E-state index is 13.4. The number of halogens is 1. The Kier molecular flexibility index (Phi) is 6.42. The molecule has 2 aromatic heterocycles. The van der Waals surface area contributed by atoms with Gasteiger partial charge in [-0.25, -0.2) is 8.42 Å². The Hall–Kier alpha value is -1.90. The number of thiophene rings is 1. The van der Waals surface area contributed by atoms with Crippen molar-refractivity contribution in [1.29, 1.82) is 0 Å². The Morgan fingerprint density at radius 1 is 1.35 bits per heavy atom. The molecule has 1 amide bonds. The lowest BCUT2D eigenvalue weighted by Crippen LogP contribution is -2.41. The lowest BCUT2D eigenvalue weighted by atomic mass is 10.2. The predicted molar refractivity (Wildman–Crippen MR) is 126 cm³/mol. The van der Waals surface area contributed by atoms with E-state index in [1.54, 1.807) is 4.90 Å². The summed E-state index contributed by atoms with van der Waals surface area (Å²) < 4.78 is 25.9. The molecule has 1 aliphatic heterocycles. The van der Waals surface area contributed by atoms with Crippen molar-refractivity contribution in [3.63, 3.8) is 0 Å². The second kappa shape index (κ2) is 8.92. The van der Waals surface area contributed by atoms with Crippen molar-refractivity contribution in [1.82, 2.24) is 14.7 Å². The number of benzene rings is 1. The third kappa shape index (κ3) is 4.66. The van der Waals surface area contributed by atoms with E-state index in [0.29, 0.717) is 29.4 Å². The summed E-state index contributed by atoms with van der Waals surface area (Å²) >= 11 is 7.74. The molecule has 9 heteroatoms. The molecular weight excluding hydrogens is 454 g/mol. The average molecular weight is 480 g/mol. The number of aromatic nitrogens is 2. The number of carbonyl (C=O) groups is 1. The van der Waals surface area contributed by atoms with Crippen LogP contribution in [0.4, 0.5) is 0 Å². The van der Waals surface area contributed by atoms with E-state index in [-0.39, 0.29) is 23.5 Å². The number of unbranched alkanes of at least 4 members (excludes halogenated alkanes) is 1. The van der Waals surface area contributed by atoms with Crippen molar-refractivity contribution in [3.05, 3.63) is 51.5 Å². The van der Waals surface area contributed by atoms with Gasteiger partial charge in [0, 0.05) is 23.0 Å². The summed E-state index contributed by atoms with van der Waals surface area (Å²) in [5.41, 5.74) is 1.83. The summed E-state index contributed by atoms with van der Waals surface area (Å²) in [5.74, 6) is 0.138. The first-order valence-electron chi connectivity index (χ1n) is 10.5. The minimum Gasteiger partial charge on any atom is -0.334 e. The van der Waals surface area contributed by atoms with Crippen molar-refractivity contribution in [2.24, 2.45) is 0 Å². The molecule has 0 aliphatic carbocycles. The average Bonchev–Trinajstić information content (AvgIpc) is 3.39. The Morgan fingerprint density at radius 2 is 2.13 bits per heavy atom. The standard InChI is InChI=1S/C22H26ClN3O3S2/c1-3-4-10-25(17-9-11-31(28,29)14-17)21(27)20-12-18-15(2)24-26(22(18)30-20)13-16-7-5-6-8-19(16)23/h5-8,12,17H,3-4,9-11,13-14H2,1-2H3. The lowest BCUT2D eigenvalue weighted by Gasteiger charge is -2.27. The topological polar surface area (TPSA) is 72.3 Å². The molecule has 1 unspecified atom stereocenters. The monoisotopic (exact) mass is 479 g/mol. The zero-order valence-electron chi connectivity index (χ0n) is 17.7. The molecule has 0 N–H and O–H groups in total. The summed E-state index contributed by atoms with van der Waals surface area (Å²) in [6.07, 6.45) is 2.32. The molecule has 3 heterocycles. The molecule has 166 valence electrons. The first-order valence-corrected chi connectivity index (χ1v) is 13.5. The minimum absolute atomic E-state index is 0.0622. The van der Waals surface area contributed by atoms with Gasteiger partial charge in [0.1, 0.15) is 4.83 Å². The van der Waals surface area contributed by atoms with Crippen LogP contribution >= 0.6 is 22.9 Å². The van der Waals surface area contributed by atoms with E-state index in [2.05, 4.69) is 12.0 Å². The molecule has 1 aliphatic rings. The summed E-state index contributed by atoms with van der Waals surface area (Å²) in [6, 6.07) is 9.32. The summed E-state index contributed by atoms with van der Waals surface area (Å²) in [7, 11) is -3.06. The normalized spacial score (nSPS) is 18.0. The number of carbonyl (C=O) groups excluding carboxylic acids is 1. The molecule has 0 saturated carbocycles. The molecule has 1 fully saturated rings. The highest BCUT2D eigenvalue weighted by Crippen LogP contribution is 2.31. The number of amides is 1. The Bertz CT molecular complexity index is 1220. The molecule has 1 aromatic carbocycles.